The fraction of sp³-hybridized carbons (Fsp3) is 0.684. The van der Waals surface area contributed by atoms with Crippen molar-refractivity contribution in [1.82, 2.24) is 0 Å². The van der Waals surface area contributed by atoms with E-state index in [4.69, 9.17) is 14.6 Å². The van der Waals surface area contributed by atoms with Gasteiger partial charge in [-0.2, -0.15) is 0 Å². The van der Waals surface area contributed by atoms with Crippen LogP contribution in [-0.2, 0) is 9.47 Å². The minimum absolute atomic E-state index is 0.00412. The number of unbranched alkanes of at least 4 members (excludes halogenated alkanes) is 3. The third kappa shape index (κ3) is 7.66. The van der Waals surface area contributed by atoms with Crippen molar-refractivity contribution in [2.75, 3.05) is 6.61 Å². The van der Waals surface area contributed by atoms with Gasteiger partial charge in [-0.25, -0.2) is 0 Å². The smallest absolute Gasteiger partial charge is 0.163 e. The molecule has 1 fully saturated rings. The third-order valence-electron chi connectivity index (χ3n) is 3.46. The van der Waals surface area contributed by atoms with Gasteiger partial charge in [0.15, 0.2) is 5.79 Å². The Labute approximate surface area is 135 Å². The standard InChI is InChI=1S/C19H28O3/c1-4-5-6-11-14-17-18(22-19(2,3)21-17)15-12-9-7-8-10-13-16-20/h10,13,17-18,20H,4-6,11,14-16H2,1-3H3/t17-,18-/m1/s1. The predicted octanol–water partition coefficient (Wildman–Crippen LogP) is 3.42. The summed E-state index contributed by atoms with van der Waals surface area (Å²) in [6.45, 7) is 6.13. The largest absolute Gasteiger partial charge is 0.392 e. The van der Waals surface area contributed by atoms with Crippen molar-refractivity contribution in [1.29, 1.82) is 0 Å². The first-order valence-electron chi connectivity index (χ1n) is 8.19. The number of aliphatic hydroxyl groups is 1. The molecule has 0 aromatic carbocycles. The number of allylic oxidation sites excluding steroid dienone is 1. The van der Waals surface area contributed by atoms with Crippen LogP contribution in [0.1, 0.15) is 59.3 Å². The van der Waals surface area contributed by atoms with E-state index >= 15 is 0 Å². The molecule has 0 bridgehead atoms. The molecule has 1 saturated heterocycles. The van der Waals surface area contributed by atoms with Crippen LogP contribution in [0.2, 0.25) is 0 Å². The second kappa shape index (κ2) is 10.5. The summed E-state index contributed by atoms with van der Waals surface area (Å²) in [4.78, 5) is 0. The van der Waals surface area contributed by atoms with Crippen molar-refractivity contribution < 1.29 is 14.6 Å². The lowest BCUT2D eigenvalue weighted by atomic mass is 10.0. The van der Waals surface area contributed by atoms with Gasteiger partial charge in [0.2, 0.25) is 0 Å². The van der Waals surface area contributed by atoms with Gasteiger partial charge in [-0.15, -0.1) is 0 Å². The van der Waals surface area contributed by atoms with E-state index in [9.17, 15) is 0 Å². The maximum Gasteiger partial charge on any atom is 0.163 e. The first kappa shape index (κ1) is 18.8. The maximum absolute atomic E-state index is 8.57. The molecule has 0 aromatic rings. The molecule has 122 valence electrons. The highest BCUT2D eigenvalue weighted by Gasteiger charge is 2.40. The van der Waals surface area contributed by atoms with Crippen molar-refractivity contribution >= 4 is 0 Å². The van der Waals surface area contributed by atoms with Crippen molar-refractivity contribution in [2.45, 2.75) is 77.3 Å². The molecule has 1 N–H and O–H groups in total. The Hall–Kier alpha value is -1.26. The molecule has 3 nitrogen and oxygen atoms in total. The molecule has 0 spiro atoms. The van der Waals surface area contributed by atoms with Crippen LogP contribution in [-0.4, -0.2) is 29.7 Å². The van der Waals surface area contributed by atoms with Crippen LogP contribution in [0.5, 0.6) is 0 Å². The van der Waals surface area contributed by atoms with Crippen molar-refractivity contribution in [3.05, 3.63) is 12.2 Å². The molecule has 1 aliphatic heterocycles. The zero-order chi connectivity index (χ0) is 16.3. The van der Waals surface area contributed by atoms with E-state index in [0.29, 0.717) is 6.42 Å². The Bertz CT molecular complexity index is 457. The van der Waals surface area contributed by atoms with Gasteiger partial charge in [0.1, 0.15) is 0 Å². The van der Waals surface area contributed by atoms with Crippen LogP contribution in [0, 0.1) is 23.7 Å². The molecule has 3 heteroatoms. The normalized spacial score (nSPS) is 22.9. The van der Waals surface area contributed by atoms with E-state index < -0.39 is 5.79 Å². The van der Waals surface area contributed by atoms with Crippen LogP contribution in [0.3, 0.4) is 0 Å². The van der Waals surface area contributed by atoms with E-state index in [1.165, 1.54) is 25.7 Å². The molecule has 0 aliphatic carbocycles. The summed E-state index contributed by atoms with van der Waals surface area (Å²) in [5.74, 6) is 10.8. The number of hydrogen-bond donors (Lipinski definition) is 1. The first-order valence-corrected chi connectivity index (χ1v) is 8.19. The molecular formula is C19H28O3. The number of hydrogen-bond acceptors (Lipinski definition) is 3. The molecule has 2 atom stereocenters. The maximum atomic E-state index is 8.57. The molecule has 0 amide bonds. The van der Waals surface area contributed by atoms with Crippen LogP contribution in [0.25, 0.3) is 0 Å². The second-order valence-electron chi connectivity index (χ2n) is 5.92. The lowest BCUT2D eigenvalue weighted by Gasteiger charge is -2.16. The summed E-state index contributed by atoms with van der Waals surface area (Å²) >= 11 is 0. The minimum Gasteiger partial charge on any atom is -0.392 e. The molecule has 1 aliphatic rings. The van der Waals surface area contributed by atoms with E-state index in [1.807, 2.05) is 13.8 Å². The summed E-state index contributed by atoms with van der Waals surface area (Å²) < 4.78 is 11.9. The Morgan fingerprint density at radius 2 is 1.86 bits per heavy atom. The SMILES string of the molecule is CCCCCC[C@H]1OC(C)(C)O[C@@H]1CC#CC#CC=CCO. The van der Waals surface area contributed by atoms with Crippen LogP contribution < -0.4 is 0 Å². The summed E-state index contributed by atoms with van der Waals surface area (Å²) in [5.41, 5.74) is 0. The van der Waals surface area contributed by atoms with Crippen molar-refractivity contribution in [2.24, 2.45) is 0 Å². The molecule has 1 heterocycles. The van der Waals surface area contributed by atoms with Gasteiger partial charge < -0.3 is 14.6 Å². The highest BCUT2D eigenvalue weighted by molar-refractivity contribution is 5.30. The predicted molar refractivity (Wildman–Crippen MR) is 89.0 cm³/mol. The van der Waals surface area contributed by atoms with Gasteiger partial charge in [0.05, 0.1) is 18.8 Å². The van der Waals surface area contributed by atoms with Gasteiger partial charge in [-0.1, -0.05) is 50.5 Å². The van der Waals surface area contributed by atoms with Crippen LogP contribution >= 0.6 is 0 Å². The second-order valence-corrected chi connectivity index (χ2v) is 5.92. The fourth-order valence-corrected chi connectivity index (χ4v) is 2.48. The quantitative estimate of drug-likeness (QED) is 0.578. The molecular weight excluding hydrogens is 276 g/mol. The fourth-order valence-electron chi connectivity index (χ4n) is 2.48. The Kier molecular flexibility index (Phi) is 8.94. The van der Waals surface area contributed by atoms with Gasteiger partial charge in [0.25, 0.3) is 0 Å². The summed E-state index contributed by atoms with van der Waals surface area (Å²) in [5, 5.41) is 8.57. The zero-order valence-electron chi connectivity index (χ0n) is 14.0. The summed E-state index contributed by atoms with van der Waals surface area (Å²) in [7, 11) is 0. The van der Waals surface area contributed by atoms with Gasteiger partial charge >= 0.3 is 0 Å². The molecule has 22 heavy (non-hydrogen) atoms. The Morgan fingerprint density at radius 3 is 2.59 bits per heavy atom. The zero-order valence-corrected chi connectivity index (χ0v) is 14.0. The van der Waals surface area contributed by atoms with Gasteiger partial charge in [-0.3, -0.25) is 0 Å². The van der Waals surface area contributed by atoms with E-state index in [0.717, 1.165) is 6.42 Å². The minimum atomic E-state index is -0.517. The highest BCUT2D eigenvalue weighted by Crippen LogP contribution is 2.32. The third-order valence-corrected chi connectivity index (χ3v) is 3.46. The lowest BCUT2D eigenvalue weighted by Crippen LogP contribution is -2.21. The average Bonchev–Trinajstić information content (AvgIpc) is 2.77. The number of aliphatic hydroxyl groups excluding tert-OH is 1. The Balaban J connectivity index is 2.45. The molecule has 0 radical (unpaired) electrons. The number of rotatable bonds is 7. The summed E-state index contributed by atoms with van der Waals surface area (Å²) in [6.07, 6.45) is 9.94. The molecule has 0 aromatic heterocycles. The van der Waals surface area contributed by atoms with Gasteiger partial charge in [0, 0.05) is 6.42 Å². The molecule has 1 rings (SSSR count). The molecule has 0 unspecified atom stereocenters. The monoisotopic (exact) mass is 304 g/mol. The molecule has 0 saturated carbocycles. The average molecular weight is 304 g/mol. The van der Waals surface area contributed by atoms with E-state index in [1.54, 1.807) is 12.2 Å². The number of ether oxygens (including phenoxy) is 2. The van der Waals surface area contributed by atoms with Gasteiger partial charge in [-0.05, 0) is 38.2 Å². The van der Waals surface area contributed by atoms with E-state index in [2.05, 4.69) is 30.6 Å². The summed E-state index contributed by atoms with van der Waals surface area (Å²) in [6, 6.07) is 0. The lowest BCUT2D eigenvalue weighted by molar-refractivity contribution is -0.146. The van der Waals surface area contributed by atoms with E-state index in [-0.39, 0.29) is 18.8 Å². The van der Waals surface area contributed by atoms with Crippen molar-refractivity contribution in [3.63, 3.8) is 0 Å². The van der Waals surface area contributed by atoms with Crippen LogP contribution in [0.4, 0.5) is 0 Å². The topological polar surface area (TPSA) is 38.7 Å². The van der Waals surface area contributed by atoms with Crippen molar-refractivity contribution in [3.8, 4) is 23.7 Å². The van der Waals surface area contributed by atoms with Crippen LogP contribution in [0.15, 0.2) is 12.2 Å². The highest BCUT2D eigenvalue weighted by atomic mass is 16.7. The Morgan fingerprint density at radius 1 is 1.09 bits per heavy atom. The first-order chi connectivity index (χ1) is 10.6.